The van der Waals surface area contributed by atoms with Crippen LogP contribution in [-0.4, -0.2) is 15.9 Å². The second-order valence-corrected chi connectivity index (χ2v) is 9.01. The number of rotatable bonds is 4. The van der Waals surface area contributed by atoms with E-state index in [9.17, 15) is 14.0 Å². The molecule has 150 valence electrons. The SMILES string of the molecule is O=C(OCc1nc2sc3c(c2c(=O)[nH]1)CCC3)C1(c2ccc(F)cc2)CCCC1. The molecule has 2 aliphatic carbocycles. The largest absolute Gasteiger partial charge is 0.457 e. The van der Waals surface area contributed by atoms with Crippen LogP contribution in [0.25, 0.3) is 10.2 Å². The maximum Gasteiger partial charge on any atom is 0.317 e. The number of carbonyl (C=O) groups excluding carboxylic acids is 1. The highest BCUT2D eigenvalue weighted by Crippen LogP contribution is 2.42. The molecule has 0 saturated heterocycles. The van der Waals surface area contributed by atoms with E-state index in [1.165, 1.54) is 17.0 Å². The molecule has 2 heterocycles. The second kappa shape index (κ2) is 7.06. The van der Waals surface area contributed by atoms with Crippen molar-refractivity contribution in [3.63, 3.8) is 0 Å². The minimum atomic E-state index is -0.748. The van der Waals surface area contributed by atoms with Gasteiger partial charge in [0, 0.05) is 4.88 Å². The summed E-state index contributed by atoms with van der Waals surface area (Å²) < 4.78 is 19.0. The number of hydrogen-bond donors (Lipinski definition) is 1. The summed E-state index contributed by atoms with van der Waals surface area (Å²) >= 11 is 1.56. The van der Waals surface area contributed by atoms with Crippen LogP contribution in [0.15, 0.2) is 29.1 Å². The summed E-state index contributed by atoms with van der Waals surface area (Å²) in [5.41, 5.74) is 1.01. The lowest BCUT2D eigenvalue weighted by Gasteiger charge is -2.27. The normalized spacial score (nSPS) is 17.6. The highest BCUT2D eigenvalue weighted by atomic mass is 32.1. The number of hydrogen-bond acceptors (Lipinski definition) is 5. The third-order valence-electron chi connectivity index (χ3n) is 6.21. The van der Waals surface area contributed by atoms with Crippen LogP contribution in [0, 0.1) is 5.82 Å². The summed E-state index contributed by atoms with van der Waals surface area (Å²) in [7, 11) is 0. The fraction of sp³-hybridized carbons (Fsp3) is 0.409. The molecule has 0 radical (unpaired) electrons. The lowest BCUT2D eigenvalue weighted by atomic mass is 9.79. The lowest BCUT2D eigenvalue weighted by Crippen LogP contribution is -2.35. The summed E-state index contributed by atoms with van der Waals surface area (Å²) in [6, 6.07) is 6.10. The molecule has 0 aliphatic heterocycles. The molecule has 5 nitrogen and oxygen atoms in total. The molecule has 5 rings (SSSR count). The van der Waals surface area contributed by atoms with Gasteiger partial charge in [0.2, 0.25) is 0 Å². The monoisotopic (exact) mass is 412 g/mol. The van der Waals surface area contributed by atoms with Gasteiger partial charge in [-0.15, -0.1) is 11.3 Å². The van der Waals surface area contributed by atoms with Crippen LogP contribution in [0.1, 0.15) is 53.9 Å². The van der Waals surface area contributed by atoms with Gasteiger partial charge in [0.1, 0.15) is 23.1 Å². The number of aromatic amines is 1. The molecule has 1 fully saturated rings. The first-order chi connectivity index (χ1) is 14.1. The smallest absolute Gasteiger partial charge is 0.317 e. The van der Waals surface area contributed by atoms with Gasteiger partial charge in [-0.2, -0.15) is 0 Å². The van der Waals surface area contributed by atoms with Gasteiger partial charge in [0.15, 0.2) is 0 Å². The van der Waals surface area contributed by atoms with E-state index in [-0.39, 0.29) is 24.0 Å². The Morgan fingerprint density at radius 3 is 2.69 bits per heavy atom. The number of H-pyrrole nitrogens is 1. The number of nitrogens with one attached hydrogen (secondary N) is 1. The molecule has 0 unspecified atom stereocenters. The van der Waals surface area contributed by atoms with Crippen molar-refractivity contribution in [3.05, 3.63) is 62.3 Å². The molecule has 3 aromatic rings. The average Bonchev–Trinajstić information content (AvgIpc) is 3.42. The molecular weight excluding hydrogens is 391 g/mol. The number of esters is 1. The van der Waals surface area contributed by atoms with Gasteiger partial charge in [-0.05, 0) is 55.4 Å². The van der Waals surface area contributed by atoms with Gasteiger partial charge in [-0.3, -0.25) is 9.59 Å². The number of nitrogens with zero attached hydrogens (tertiary/aromatic N) is 1. The first-order valence-electron chi connectivity index (χ1n) is 10.0. The van der Waals surface area contributed by atoms with E-state index in [0.717, 1.165) is 48.1 Å². The van der Waals surface area contributed by atoms with Gasteiger partial charge in [-0.1, -0.05) is 25.0 Å². The number of fused-ring (bicyclic) bond motifs is 3. The third-order valence-corrected chi connectivity index (χ3v) is 7.39. The van der Waals surface area contributed by atoms with E-state index < -0.39 is 5.41 Å². The Kier molecular flexibility index (Phi) is 4.50. The van der Waals surface area contributed by atoms with Crippen molar-refractivity contribution in [1.82, 2.24) is 9.97 Å². The average molecular weight is 412 g/mol. The van der Waals surface area contributed by atoms with E-state index in [0.29, 0.717) is 24.1 Å². The van der Waals surface area contributed by atoms with E-state index in [1.54, 1.807) is 23.5 Å². The number of ether oxygens (including phenoxy) is 1. The van der Waals surface area contributed by atoms with Gasteiger partial charge < -0.3 is 9.72 Å². The number of aryl methyl sites for hydroxylation is 2. The zero-order valence-electron chi connectivity index (χ0n) is 15.9. The van der Waals surface area contributed by atoms with Gasteiger partial charge in [0.25, 0.3) is 5.56 Å². The molecular formula is C22H21FN2O3S. The van der Waals surface area contributed by atoms with E-state index in [1.807, 2.05) is 0 Å². The number of benzene rings is 1. The Bertz CT molecular complexity index is 1140. The van der Waals surface area contributed by atoms with Crippen molar-refractivity contribution in [2.75, 3.05) is 0 Å². The number of aromatic nitrogens is 2. The molecule has 2 aliphatic rings. The van der Waals surface area contributed by atoms with E-state index in [2.05, 4.69) is 9.97 Å². The highest BCUT2D eigenvalue weighted by molar-refractivity contribution is 7.18. The Labute approximate surface area is 170 Å². The van der Waals surface area contributed by atoms with E-state index in [4.69, 9.17) is 4.74 Å². The van der Waals surface area contributed by atoms with Crippen molar-refractivity contribution < 1.29 is 13.9 Å². The van der Waals surface area contributed by atoms with Crippen molar-refractivity contribution in [2.45, 2.75) is 57.0 Å². The Hall–Kier alpha value is -2.54. The van der Waals surface area contributed by atoms with Crippen molar-refractivity contribution in [1.29, 1.82) is 0 Å². The van der Waals surface area contributed by atoms with Crippen LogP contribution in [0.2, 0.25) is 0 Å². The van der Waals surface area contributed by atoms with Crippen LogP contribution in [0.3, 0.4) is 0 Å². The van der Waals surface area contributed by atoms with Crippen molar-refractivity contribution >= 4 is 27.5 Å². The lowest BCUT2D eigenvalue weighted by molar-refractivity contribution is -0.152. The zero-order chi connectivity index (χ0) is 20.0. The Morgan fingerprint density at radius 2 is 1.93 bits per heavy atom. The molecule has 7 heteroatoms. The fourth-order valence-corrected chi connectivity index (χ4v) is 6.03. The highest BCUT2D eigenvalue weighted by Gasteiger charge is 2.44. The minimum absolute atomic E-state index is 0.0739. The van der Waals surface area contributed by atoms with Crippen LogP contribution < -0.4 is 5.56 Å². The molecule has 0 bridgehead atoms. The fourth-order valence-electron chi connectivity index (χ4n) is 4.75. The molecule has 0 amide bonds. The summed E-state index contributed by atoms with van der Waals surface area (Å²) in [4.78, 5) is 34.9. The predicted octanol–water partition coefficient (Wildman–Crippen LogP) is 4.17. The van der Waals surface area contributed by atoms with Crippen LogP contribution in [-0.2, 0) is 34.4 Å². The quantitative estimate of drug-likeness (QED) is 0.653. The molecule has 1 saturated carbocycles. The molecule has 0 spiro atoms. The van der Waals surface area contributed by atoms with Gasteiger partial charge in [-0.25, -0.2) is 9.37 Å². The topological polar surface area (TPSA) is 72.0 Å². The molecule has 2 aromatic heterocycles. The number of halogens is 1. The minimum Gasteiger partial charge on any atom is -0.457 e. The number of thiophene rings is 1. The summed E-state index contributed by atoms with van der Waals surface area (Å²) in [6.07, 6.45) is 6.22. The second-order valence-electron chi connectivity index (χ2n) is 7.92. The predicted molar refractivity (Wildman–Crippen MR) is 109 cm³/mol. The summed E-state index contributed by atoms with van der Waals surface area (Å²) in [5.74, 6) is -0.297. The molecule has 1 aromatic carbocycles. The summed E-state index contributed by atoms with van der Waals surface area (Å²) in [5, 5.41) is 0.691. The van der Waals surface area contributed by atoms with Crippen molar-refractivity contribution in [2.24, 2.45) is 0 Å². The van der Waals surface area contributed by atoms with E-state index >= 15 is 0 Å². The van der Waals surface area contributed by atoms with Crippen LogP contribution in [0.4, 0.5) is 4.39 Å². The maximum atomic E-state index is 13.3. The maximum absolute atomic E-state index is 13.3. The van der Waals surface area contributed by atoms with Crippen molar-refractivity contribution in [3.8, 4) is 0 Å². The molecule has 1 N–H and O–H groups in total. The van der Waals surface area contributed by atoms with Crippen LogP contribution in [0.5, 0.6) is 0 Å². The van der Waals surface area contributed by atoms with Gasteiger partial charge >= 0.3 is 5.97 Å². The number of carbonyl (C=O) groups is 1. The molecule has 0 atom stereocenters. The van der Waals surface area contributed by atoms with Gasteiger partial charge in [0.05, 0.1) is 10.8 Å². The molecule has 29 heavy (non-hydrogen) atoms. The first kappa shape index (κ1) is 18.5. The third kappa shape index (κ3) is 3.08. The Balaban J connectivity index is 1.39. The summed E-state index contributed by atoms with van der Waals surface area (Å²) in [6.45, 7) is -0.0739. The first-order valence-corrected chi connectivity index (χ1v) is 10.9. The zero-order valence-corrected chi connectivity index (χ0v) is 16.7. The standard InChI is InChI=1S/C22H21FN2O3S/c23-14-8-6-13(7-9-14)22(10-1-2-11-22)21(27)28-12-17-24-19(26)18-15-4-3-5-16(15)29-20(18)25-17/h6-9H,1-5,10-12H2,(H,24,25,26). The Morgan fingerprint density at radius 1 is 1.17 bits per heavy atom. The van der Waals surface area contributed by atoms with Crippen LogP contribution >= 0.6 is 11.3 Å².